The van der Waals surface area contributed by atoms with Crippen molar-refractivity contribution in [2.24, 2.45) is 5.41 Å². The van der Waals surface area contributed by atoms with E-state index in [4.69, 9.17) is 0 Å². The molecule has 1 saturated heterocycles. The number of hydrogen-bond donors (Lipinski definition) is 1. The maximum absolute atomic E-state index is 3.45. The Morgan fingerprint density at radius 3 is 2.22 bits per heavy atom. The van der Waals surface area contributed by atoms with Crippen LogP contribution in [-0.4, -0.2) is 26.7 Å². The summed E-state index contributed by atoms with van der Waals surface area (Å²) in [6.07, 6.45) is 2.56. The second-order valence-electron chi connectivity index (χ2n) is 6.26. The Morgan fingerprint density at radius 2 is 1.67 bits per heavy atom. The monoisotopic (exact) mass is 246 g/mol. The minimum atomic E-state index is 0.456. The minimum absolute atomic E-state index is 0.456. The summed E-state index contributed by atoms with van der Waals surface area (Å²) in [6, 6.07) is 6.82. The molecule has 18 heavy (non-hydrogen) atoms. The van der Waals surface area contributed by atoms with E-state index in [1.54, 1.807) is 0 Å². The highest BCUT2D eigenvalue weighted by atomic mass is 15.1. The highest BCUT2D eigenvalue weighted by Crippen LogP contribution is 2.30. The first kappa shape index (κ1) is 13.4. The van der Waals surface area contributed by atoms with Crippen LogP contribution in [0.2, 0.25) is 0 Å². The van der Waals surface area contributed by atoms with Crippen molar-refractivity contribution >= 4 is 5.69 Å². The van der Waals surface area contributed by atoms with Crippen molar-refractivity contribution in [1.82, 2.24) is 5.32 Å². The van der Waals surface area contributed by atoms with E-state index in [9.17, 15) is 0 Å². The van der Waals surface area contributed by atoms with Gasteiger partial charge in [0.05, 0.1) is 0 Å². The number of piperidine rings is 1. The van der Waals surface area contributed by atoms with Crippen LogP contribution >= 0.6 is 0 Å². The molecule has 1 heterocycles. The molecule has 0 amide bonds. The Balaban J connectivity index is 2.08. The molecule has 1 aromatic rings. The minimum Gasteiger partial charge on any atom is -0.374 e. The topological polar surface area (TPSA) is 15.3 Å². The highest BCUT2D eigenvalue weighted by Gasteiger charge is 2.28. The normalized spacial score (nSPS) is 18.7. The number of rotatable bonds is 3. The third kappa shape index (κ3) is 3.26. The van der Waals surface area contributed by atoms with Crippen LogP contribution in [0.4, 0.5) is 5.69 Å². The predicted molar refractivity (Wildman–Crippen MR) is 79.4 cm³/mol. The summed E-state index contributed by atoms with van der Waals surface area (Å²) in [4.78, 5) is 2.42. The van der Waals surface area contributed by atoms with Crippen molar-refractivity contribution in [3.63, 3.8) is 0 Å². The molecule has 2 rings (SSSR count). The first-order valence-corrected chi connectivity index (χ1v) is 6.99. The molecule has 0 aliphatic carbocycles. The second kappa shape index (κ2) is 5.31. The van der Waals surface area contributed by atoms with Gasteiger partial charge in [-0.1, -0.05) is 13.0 Å². The molecule has 0 saturated carbocycles. The van der Waals surface area contributed by atoms with E-state index in [1.165, 1.54) is 29.7 Å². The number of hydrogen-bond acceptors (Lipinski definition) is 2. The molecule has 0 spiro atoms. The fraction of sp³-hybridized carbons (Fsp3) is 0.625. The lowest BCUT2D eigenvalue weighted by atomic mass is 9.80. The molecule has 2 nitrogen and oxygen atoms in total. The van der Waals surface area contributed by atoms with Crippen molar-refractivity contribution in [2.45, 2.75) is 33.6 Å². The van der Waals surface area contributed by atoms with Crippen LogP contribution in [0.15, 0.2) is 18.2 Å². The molecule has 1 aliphatic rings. The van der Waals surface area contributed by atoms with Crippen LogP contribution in [0.25, 0.3) is 0 Å². The SMILES string of the molecule is Cc1cc(C)cc(N(C)CC2(C)CCNCC2)c1. The molecule has 0 unspecified atom stereocenters. The van der Waals surface area contributed by atoms with Gasteiger partial charge in [-0.15, -0.1) is 0 Å². The molecule has 1 fully saturated rings. The summed E-state index contributed by atoms with van der Waals surface area (Å²) in [6.45, 7) is 10.3. The fourth-order valence-electron chi connectivity index (χ4n) is 3.02. The maximum Gasteiger partial charge on any atom is 0.0369 e. The van der Waals surface area contributed by atoms with Crippen LogP contribution in [-0.2, 0) is 0 Å². The lowest BCUT2D eigenvalue weighted by Crippen LogP contribution is -2.42. The van der Waals surface area contributed by atoms with Crippen LogP contribution in [0, 0.1) is 19.3 Å². The van der Waals surface area contributed by atoms with Crippen molar-refractivity contribution in [3.05, 3.63) is 29.3 Å². The van der Waals surface area contributed by atoms with Crippen LogP contribution in [0.5, 0.6) is 0 Å². The van der Waals surface area contributed by atoms with Crippen molar-refractivity contribution in [1.29, 1.82) is 0 Å². The molecule has 0 radical (unpaired) electrons. The quantitative estimate of drug-likeness (QED) is 0.881. The lowest BCUT2D eigenvalue weighted by Gasteiger charge is -2.38. The van der Waals surface area contributed by atoms with E-state index in [2.05, 4.69) is 56.2 Å². The van der Waals surface area contributed by atoms with Gasteiger partial charge in [0.25, 0.3) is 0 Å². The van der Waals surface area contributed by atoms with Gasteiger partial charge in [-0.3, -0.25) is 0 Å². The summed E-state index contributed by atoms with van der Waals surface area (Å²) < 4.78 is 0. The molecule has 0 aromatic heterocycles. The zero-order valence-electron chi connectivity index (χ0n) is 12.2. The average Bonchev–Trinajstić information content (AvgIpc) is 2.28. The van der Waals surface area contributed by atoms with Gasteiger partial charge in [0.1, 0.15) is 0 Å². The molecular formula is C16H26N2. The second-order valence-corrected chi connectivity index (χ2v) is 6.26. The Kier molecular flexibility index (Phi) is 3.96. The molecule has 1 aliphatic heterocycles. The molecule has 1 N–H and O–H groups in total. The van der Waals surface area contributed by atoms with Gasteiger partial charge in [-0.25, -0.2) is 0 Å². The third-order valence-electron chi connectivity index (χ3n) is 4.08. The van der Waals surface area contributed by atoms with Gasteiger partial charge in [0, 0.05) is 19.3 Å². The zero-order valence-corrected chi connectivity index (χ0v) is 12.2. The third-order valence-corrected chi connectivity index (χ3v) is 4.08. The Hall–Kier alpha value is -1.02. The van der Waals surface area contributed by atoms with E-state index >= 15 is 0 Å². The highest BCUT2D eigenvalue weighted by molar-refractivity contribution is 5.50. The van der Waals surface area contributed by atoms with Crippen molar-refractivity contribution in [3.8, 4) is 0 Å². The van der Waals surface area contributed by atoms with Gasteiger partial charge < -0.3 is 10.2 Å². The number of anilines is 1. The van der Waals surface area contributed by atoms with E-state index in [1.807, 2.05) is 0 Å². The van der Waals surface area contributed by atoms with E-state index < -0.39 is 0 Å². The number of aryl methyl sites for hydroxylation is 2. The predicted octanol–water partition coefficient (Wildman–Crippen LogP) is 3.13. The first-order valence-electron chi connectivity index (χ1n) is 6.99. The molecule has 0 bridgehead atoms. The smallest absolute Gasteiger partial charge is 0.0369 e. The van der Waals surface area contributed by atoms with Gasteiger partial charge in [0.15, 0.2) is 0 Å². The summed E-state index contributed by atoms with van der Waals surface area (Å²) in [7, 11) is 2.22. The Labute approximate surface area is 111 Å². The first-order chi connectivity index (χ1) is 8.48. The Bertz CT molecular complexity index is 385. The van der Waals surface area contributed by atoms with Gasteiger partial charge in [0.2, 0.25) is 0 Å². The zero-order chi connectivity index (χ0) is 13.2. The van der Waals surface area contributed by atoms with Crippen LogP contribution in [0.3, 0.4) is 0 Å². The maximum atomic E-state index is 3.45. The number of nitrogens with zero attached hydrogens (tertiary/aromatic N) is 1. The Morgan fingerprint density at radius 1 is 1.11 bits per heavy atom. The summed E-state index contributed by atoms with van der Waals surface area (Å²) in [5, 5.41) is 3.45. The van der Waals surface area contributed by atoms with Gasteiger partial charge in [-0.2, -0.15) is 0 Å². The summed E-state index contributed by atoms with van der Waals surface area (Å²) in [5.74, 6) is 0. The summed E-state index contributed by atoms with van der Waals surface area (Å²) in [5.41, 5.74) is 4.52. The van der Waals surface area contributed by atoms with Crippen molar-refractivity contribution < 1.29 is 0 Å². The largest absolute Gasteiger partial charge is 0.374 e. The van der Waals surface area contributed by atoms with E-state index in [0.29, 0.717) is 5.41 Å². The average molecular weight is 246 g/mol. The molecule has 100 valence electrons. The standard InChI is InChI=1S/C16H26N2/c1-13-9-14(2)11-15(10-13)18(4)12-16(3)5-7-17-8-6-16/h9-11,17H,5-8,12H2,1-4H3. The fourth-order valence-corrected chi connectivity index (χ4v) is 3.02. The molecule has 1 aromatic carbocycles. The molecule has 2 heteroatoms. The van der Waals surface area contributed by atoms with Crippen LogP contribution in [0.1, 0.15) is 30.9 Å². The summed E-state index contributed by atoms with van der Waals surface area (Å²) >= 11 is 0. The number of nitrogens with one attached hydrogen (secondary N) is 1. The number of benzene rings is 1. The van der Waals surface area contributed by atoms with Crippen LogP contribution < -0.4 is 10.2 Å². The van der Waals surface area contributed by atoms with E-state index in [0.717, 1.165) is 19.6 Å². The lowest BCUT2D eigenvalue weighted by molar-refractivity contribution is 0.237. The van der Waals surface area contributed by atoms with Gasteiger partial charge >= 0.3 is 0 Å². The molecule has 0 atom stereocenters. The molecular weight excluding hydrogens is 220 g/mol. The van der Waals surface area contributed by atoms with E-state index in [-0.39, 0.29) is 0 Å². The van der Waals surface area contributed by atoms with Crippen molar-refractivity contribution in [2.75, 3.05) is 31.6 Å². The van der Waals surface area contributed by atoms with Gasteiger partial charge in [-0.05, 0) is 68.5 Å².